The van der Waals surface area contributed by atoms with Crippen LogP contribution in [-0.2, 0) is 0 Å². The molecule has 0 fully saturated rings. The van der Waals surface area contributed by atoms with Gasteiger partial charge in [-0.3, -0.25) is 4.79 Å². The fourth-order valence-corrected chi connectivity index (χ4v) is 1.28. The number of benzene rings is 1. The van der Waals surface area contributed by atoms with Crippen molar-refractivity contribution < 1.29 is 4.79 Å². The van der Waals surface area contributed by atoms with E-state index < -0.39 is 0 Å². The molecular formula is C12H14N2O. The first kappa shape index (κ1) is 11.3. The Balaban J connectivity index is 2.93. The lowest BCUT2D eigenvalue weighted by Crippen LogP contribution is -2.22. The maximum absolute atomic E-state index is 11.5. The highest BCUT2D eigenvalue weighted by Gasteiger charge is 2.11. The Morgan fingerprint density at radius 1 is 1.60 bits per heavy atom. The average molecular weight is 202 g/mol. The Hall–Kier alpha value is -1.82. The number of rotatable bonds is 3. The topological polar surface area (TPSA) is 33.5 Å². The van der Waals surface area contributed by atoms with Gasteiger partial charge in [0.15, 0.2) is 0 Å². The molecule has 0 aromatic heterocycles. The zero-order chi connectivity index (χ0) is 11.3. The van der Waals surface area contributed by atoms with E-state index in [0.29, 0.717) is 12.1 Å². The van der Waals surface area contributed by atoms with E-state index in [1.54, 1.807) is 12.1 Å². The molecule has 0 heterocycles. The highest BCUT2D eigenvalue weighted by Crippen LogP contribution is 2.17. The van der Waals surface area contributed by atoms with Crippen LogP contribution >= 0.6 is 0 Å². The van der Waals surface area contributed by atoms with Crippen molar-refractivity contribution >= 4 is 5.91 Å². The van der Waals surface area contributed by atoms with Gasteiger partial charge in [-0.05, 0) is 19.1 Å². The lowest BCUT2D eigenvalue weighted by Gasteiger charge is -2.04. The van der Waals surface area contributed by atoms with E-state index in [9.17, 15) is 4.79 Å². The molecule has 1 unspecified atom stereocenters. The van der Waals surface area contributed by atoms with E-state index in [2.05, 4.69) is 10.2 Å². The van der Waals surface area contributed by atoms with Gasteiger partial charge in [-0.1, -0.05) is 12.1 Å². The number of carbonyl (C=O) groups is 1. The summed E-state index contributed by atoms with van der Waals surface area (Å²) in [6.45, 7) is 11.2. The van der Waals surface area contributed by atoms with Crippen molar-refractivity contribution in [1.82, 2.24) is 5.32 Å². The average Bonchev–Trinajstić information content (AvgIpc) is 2.28. The first-order valence-corrected chi connectivity index (χ1v) is 4.93. The zero-order valence-electron chi connectivity index (χ0n) is 8.95. The third-order valence-corrected chi connectivity index (χ3v) is 2.16. The van der Waals surface area contributed by atoms with Gasteiger partial charge < -0.3 is 10.2 Å². The molecule has 3 heteroatoms. The van der Waals surface area contributed by atoms with Crippen molar-refractivity contribution in [2.75, 3.05) is 6.54 Å². The highest BCUT2D eigenvalue weighted by molar-refractivity contribution is 5.94. The van der Waals surface area contributed by atoms with E-state index in [1.165, 1.54) is 0 Å². The Bertz CT molecular complexity index is 393. The van der Waals surface area contributed by atoms with Gasteiger partial charge in [-0.2, -0.15) is 0 Å². The molecule has 1 aromatic rings. The molecule has 1 amide bonds. The largest absolute Gasteiger partial charge is 0.352 e. The maximum atomic E-state index is 11.5. The molecule has 0 aliphatic heterocycles. The minimum atomic E-state index is -0.195. The van der Waals surface area contributed by atoms with Gasteiger partial charge in [0.1, 0.15) is 0 Å². The molecule has 0 saturated heterocycles. The SMILES string of the molecule is [C-]#[N+]C(C)c1cccc(C(=O)NCC)c1. The molecule has 78 valence electrons. The summed E-state index contributed by atoms with van der Waals surface area (Å²) in [6.07, 6.45) is 0. The first-order valence-electron chi connectivity index (χ1n) is 4.93. The second-order valence-corrected chi connectivity index (χ2v) is 3.29. The van der Waals surface area contributed by atoms with Crippen molar-refractivity contribution in [3.63, 3.8) is 0 Å². The van der Waals surface area contributed by atoms with Crippen LogP contribution in [0.3, 0.4) is 0 Å². The van der Waals surface area contributed by atoms with Crippen molar-refractivity contribution in [3.8, 4) is 0 Å². The minimum absolute atomic E-state index is 0.0865. The first-order chi connectivity index (χ1) is 7.19. The van der Waals surface area contributed by atoms with Gasteiger partial charge in [0, 0.05) is 24.6 Å². The van der Waals surface area contributed by atoms with Crippen LogP contribution in [0.1, 0.15) is 35.8 Å². The molecule has 1 atom stereocenters. The number of carbonyl (C=O) groups excluding carboxylic acids is 1. The molecule has 0 radical (unpaired) electrons. The van der Waals surface area contributed by atoms with E-state index in [-0.39, 0.29) is 11.9 Å². The van der Waals surface area contributed by atoms with Crippen LogP contribution in [0.2, 0.25) is 0 Å². The van der Waals surface area contributed by atoms with Crippen LogP contribution in [-0.4, -0.2) is 12.5 Å². The van der Waals surface area contributed by atoms with Crippen LogP contribution in [0.4, 0.5) is 0 Å². The Kier molecular flexibility index (Phi) is 3.87. The number of hydrogen-bond donors (Lipinski definition) is 1. The van der Waals surface area contributed by atoms with E-state index in [0.717, 1.165) is 5.56 Å². The molecule has 1 rings (SSSR count). The molecule has 0 saturated carbocycles. The third kappa shape index (κ3) is 2.81. The van der Waals surface area contributed by atoms with Gasteiger partial charge in [0.2, 0.25) is 6.04 Å². The summed E-state index contributed by atoms with van der Waals surface area (Å²) in [5, 5.41) is 2.73. The van der Waals surface area contributed by atoms with E-state index in [1.807, 2.05) is 26.0 Å². The molecule has 3 nitrogen and oxygen atoms in total. The molecule has 0 bridgehead atoms. The summed E-state index contributed by atoms with van der Waals surface area (Å²) in [6, 6.07) is 7.01. The Morgan fingerprint density at radius 2 is 2.33 bits per heavy atom. The fraction of sp³-hybridized carbons (Fsp3) is 0.333. The van der Waals surface area contributed by atoms with Gasteiger partial charge >= 0.3 is 0 Å². The van der Waals surface area contributed by atoms with Crippen molar-refractivity contribution in [2.45, 2.75) is 19.9 Å². The van der Waals surface area contributed by atoms with Gasteiger partial charge in [0.05, 0.1) is 0 Å². The summed E-state index contributed by atoms with van der Waals surface area (Å²) >= 11 is 0. The lowest BCUT2D eigenvalue weighted by molar-refractivity contribution is 0.0955. The fourth-order valence-electron chi connectivity index (χ4n) is 1.28. The summed E-state index contributed by atoms with van der Waals surface area (Å²) in [4.78, 5) is 14.9. The molecule has 1 aromatic carbocycles. The van der Waals surface area contributed by atoms with Crippen molar-refractivity contribution in [1.29, 1.82) is 0 Å². The quantitative estimate of drug-likeness (QED) is 0.750. The molecule has 0 aliphatic rings. The molecule has 0 spiro atoms. The Morgan fingerprint density at radius 3 is 2.93 bits per heavy atom. The predicted octanol–water partition coefficient (Wildman–Crippen LogP) is 2.42. The van der Waals surface area contributed by atoms with Crippen molar-refractivity contribution in [2.24, 2.45) is 0 Å². The summed E-state index contributed by atoms with van der Waals surface area (Å²) < 4.78 is 0. The van der Waals surface area contributed by atoms with Gasteiger partial charge in [-0.25, -0.2) is 6.57 Å². The molecule has 0 aliphatic carbocycles. The van der Waals surface area contributed by atoms with Crippen LogP contribution in [0.5, 0.6) is 0 Å². The molecular weight excluding hydrogens is 188 g/mol. The smallest absolute Gasteiger partial charge is 0.251 e. The van der Waals surface area contributed by atoms with E-state index >= 15 is 0 Å². The summed E-state index contributed by atoms with van der Waals surface area (Å²) in [7, 11) is 0. The minimum Gasteiger partial charge on any atom is -0.352 e. The number of amides is 1. The monoisotopic (exact) mass is 202 g/mol. The third-order valence-electron chi connectivity index (χ3n) is 2.16. The van der Waals surface area contributed by atoms with Gasteiger partial charge in [0.25, 0.3) is 5.91 Å². The Labute approximate surface area is 89.9 Å². The second-order valence-electron chi connectivity index (χ2n) is 3.29. The molecule has 1 N–H and O–H groups in total. The standard InChI is InChI=1S/C12H14N2O/c1-4-14-12(15)11-7-5-6-10(8-11)9(2)13-3/h5-9H,4H2,1-2H3,(H,14,15). The maximum Gasteiger partial charge on any atom is 0.251 e. The number of nitrogens with zero attached hydrogens (tertiary/aromatic N) is 1. The highest BCUT2D eigenvalue weighted by atomic mass is 16.1. The number of hydrogen-bond acceptors (Lipinski definition) is 1. The van der Waals surface area contributed by atoms with E-state index in [4.69, 9.17) is 6.57 Å². The summed E-state index contributed by atoms with van der Waals surface area (Å²) in [5.74, 6) is -0.0865. The lowest BCUT2D eigenvalue weighted by atomic mass is 10.1. The summed E-state index contributed by atoms with van der Waals surface area (Å²) in [5.41, 5.74) is 1.50. The molecule has 15 heavy (non-hydrogen) atoms. The van der Waals surface area contributed by atoms with Crippen LogP contribution in [0, 0.1) is 6.57 Å². The van der Waals surface area contributed by atoms with Crippen LogP contribution in [0.25, 0.3) is 4.85 Å². The van der Waals surface area contributed by atoms with Crippen LogP contribution < -0.4 is 5.32 Å². The van der Waals surface area contributed by atoms with Crippen LogP contribution in [0.15, 0.2) is 24.3 Å². The zero-order valence-corrected chi connectivity index (χ0v) is 8.95. The second kappa shape index (κ2) is 5.16. The van der Waals surface area contributed by atoms with Gasteiger partial charge in [-0.15, -0.1) is 0 Å². The van der Waals surface area contributed by atoms with Crippen molar-refractivity contribution in [3.05, 3.63) is 46.8 Å². The number of nitrogens with one attached hydrogen (secondary N) is 1. The predicted molar refractivity (Wildman–Crippen MR) is 59.5 cm³/mol. The normalized spacial score (nSPS) is 11.5.